The quantitative estimate of drug-likeness (QED) is 0.189. The van der Waals surface area contributed by atoms with Gasteiger partial charge in [0.15, 0.2) is 28.4 Å². The van der Waals surface area contributed by atoms with Gasteiger partial charge in [0.1, 0.15) is 40.6 Å². The minimum absolute atomic E-state index is 0.323. The van der Waals surface area contributed by atoms with Crippen molar-refractivity contribution in [2.45, 2.75) is 31.6 Å². The molecule has 2 aliphatic carbocycles. The molecule has 1 aromatic heterocycles. The van der Waals surface area contributed by atoms with E-state index in [-0.39, 0.29) is 17.1 Å². The van der Waals surface area contributed by atoms with Crippen LogP contribution in [0.25, 0.3) is 11.0 Å². The third-order valence-corrected chi connectivity index (χ3v) is 8.91. The Bertz CT molecular complexity index is 1930. The smallest absolute Gasteiger partial charge is 0.340 e. The average molecular weight is 580 g/mol. The number of phenols is 4. The van der Waals surface area contributed by atoms with E-state index >= 15 is 0 Å². The normalized spacial score (nSPS) is 25.7. The lowest BCUT2D eigenvalue weighted by atomic mass is 9.39. The molecule has 0 radical (unpaired) electrons. The molecule has 0 saturated heterocycles. The van der Waals surface area contributed by atoms with Crippen LogP contribution in [0.1, 0.15) is 57.4 Å². The maximum atomic E-state index is 14.0. The minimum atomic E-state index is -2.30. The highest BCUT2D eigenvalue weighted by molar-refractivity contribution is 6.42. The number of benzene rings is 2. The molecule has 6 N–H and O–H groups in total. The summed E-state index contributed by atoms with van der Waals surface area (Å²) in [5, 5.41) is 60.5. The monoisotopic (exact) mass is 580 g/mol. The number of rotatable bonds is 3. The highest BCUT2D eigenvalue weighted by Crippen LogP contribution is 2.68. The SMILES string of the molecule is CC(=O)[C@]12c3c(cc(O)c(O)c3C(=O)O)OC[C@]13Cc1c(oc4cc(O)c(O)c(C(=O)O)c4c1=O)[C@H]2C(C)C(=O)C3=O. The first-order valence-electron chi connectivity index (χ1n) is 12.5. The molecule has 6 rings (SSSR count). The highest BCUT2D eigenvalue weighted by Gasteiger charge is 2.76. The van der Waals surface area contributed by atoms with Crippen molar-refractivity contribution < 1.29 is 63.8 Å². The van der Waals surface area contributed by atoms with Gasteiger partial charge in [-0.1, -0.05) is 6.92 Å². The lowest BCUT2D eigenvalue weighted by Crippen LogP contribution is -2.72. The first-order valence-corrected chi connectivity index (χ1v) is 12.5. The Kier molecular flexibility index (Phi) is 5.16. The van der Waals surface area contributed by atoms with Crippen molar-refractivity contribution in [3.63, 3.8) is 0 Å². The predicted molar refractivity (Wildman–Crippen MR) is 135 cm³/mol. The summed E-state index contributed by atoms with van der Waals surface area (Å²) < 4.78 is 11.7. The number of carboxylic acid groups (broad SMARTS) is 2. The van der Waals surface area contributed by atoms with Crippen molar-refractivity contribution in [1.82, 2.24) is 0 Å². The van der Waals surface area contributed by atoms with Gasteiger partial charge in [-0.25, -0.2) is 9.59 Å². The molecular weight excluding hydrogens is 560 g/mol. The summed E-state index contributed by atoms with van der Waals surface area (Å²) in [5.41, 5.74) is -8.90. The molecule has 2 heterocycles. The minimum Gasteiger partial charge on any atom is -0.504 e. The summed E-state index contributed by atoms with van der Waals surface area (Å²) in [6.07, 6.45) is -0.755. The van der Waals surface area contributed by atoms with E-state index in [1.165, 1.54) is 6.92 Å². The van der Waals surface area contributed by atoms with Crippen LogP contribution in [0.4, 0.5) is 0 Å². The zero-order valence-corrected chi connectivity index (χ0v) is 21.7. The number of Topliss-reactive ketones (excluding diaryl/α,β-unsaturated/α-hetero) is 3. The van der Waals surface area contributed by atoms with Crippen LogP contribution in [-0.2, 0) is 26.2 Å². The fraction of sp³-hybridized carbons (Fsp3) is 0.286. The van der Waals surface area contributed by atoms with Gasteiger partial charge >= 0.3 is 11.9 Å². The van der Waals surface area contributed by atoms with Crippen molar-refractivity contribution in [2.75, 3.05) is 6.61 Å². The topological polar surface area (TPSA) is 246 Å². The summed E-state index contributed by atoms with van der Waals surface area (Å²) in [6.45, 7) is 1.57. The number of aromatic carboxylic acids is 2. The summed E-state index contributed by atoms with van der Waals surface area (Å²) in [5.74, 6) is -14.4. The first-order chi connectivity index (χ1) is 19.6. The van der Waals surface area contributed by atoms with E-state index in [0.29, 0.717) is 0 Å². The third-order valence-electron chi connectivity index (χ3n) is 8.91. The zero-order chi connectivity index (χ0) is 30.8. The average Bonchev–Trinajstić information content (AvgIpc) is 2.91. The number of carboxylic acids is 2. The Hall–Kier alpha value is -5.40. The van der Waals surface area contributed by atoms with Crippen LogP contribution in [0.2, 0.25) is 0 Å². The van der Waals surface area contributed by atoms with Crippen LogP contribution in [0.15, 0.2) is 21.3 Å². The number of ketones is 3. The number of hydrogen-bond donors (Lipinski definition) is 6. The molecule has 4 atom stereocenters. The predicted octanol–water partition coefficient (Wildman–Crippen LogP) is 1.35. The van der Waals surface area contributed by atoms with Gasteiger partial charge < -0.3 is 39.8 Å². The number of carbonyl (C=O) groups excluding carboxylic acids is 3. The van der Waals surface area contributed by atoms with Gasteiger partial charge in [-0.2, -0.15) is 0 Å². The Balaban J connectivity index is 1.86. The molecule has 0 amide bonds. The Labute approximate surface area is 233 Å². The second-order valence-corrected chi connectivity index (χ2v) is 10.7. The largest absolute Gasteiger partial charge is 0.504 e. The summed E-state index contributed by atoms with van der Waals surface area (Å²) in [6, 6.07) is 1.64. The van der Waals surface area contributed by atoms with E-state index in [0.717, 1.165) is 19.1 Å². The number of phenolic OH excluding ortho intramolecular Hbond substituents is 2. The lowest BCUT2D eigenvalue weighted by Gasteiger charge is -2.60. The molecule has 1 unspecified atom stereocenters. The molecular formula is C28H20O14. The van der Waals surface area contributed by atoms with Gasteiger partial charge in [0.25, 0.3) is 0 Å². The molecule has 2 bridgehead atoms. The van der Waals surface area contributed by atoms with Crippen molar-refractivity contribution in [3.8, 4) is 28.7 Å². The first kappa shape index (κ1) is 26.8. The fourth-order valence-corrected chi connectivity index (χ4v) is 7.31. The highest BCUT2D eigenvalue weighted by atomic mass is 16.5. The van der Waals surface area contributed by atoms with E-state index in [9.17, 15) is 59.4 Å². The number of aromatic hydroxyl groups is 4. The molecule has 14 nitrogen and oxygen atoms in total. The zero-order valence-electron chi connectivity index (χ0n) is 21.7. The van der Waals surface area contributed by atoms with Gasteiger partial charge in [0, 0.05) is 35.1 Å². The van der Waals surface area contributed by atoms with Crippen LogP contribution in [0, 0.1) is 11.3 Å². The standard InChI is InChI=1S/C28H20O14/c1-7-17-23-9(20(33)14-12(42-23)3-10(30)21(34)15(14)25(37)38)5-27(24(36)19(7)32)6-41-13-4-11(31)22(35)16(26(39)40)18(13)28(17,27)8(2)29/h3-4,7,17,30-31,34-35H,5-6H2,1-2H3,(H,37,38)(H,39,40)/t7?,17-,27+,28+/m1/s1. The fourth-order valence-electron chi connectivity index (χ4n) is 7.31. The van der Waals surface area contributed by atoms with Crippen LogP contribution in [0.3, 0.4) is 0 Å². The van der Waals surface area contributed by atoms with Crippen LogP contribution >= 0.6 is 0 Å². The maximum Gasteiger partial charge on any atom is 0.340 e. The number of carbonyl (C=O) groups is 5. The molecule has 14 heteroatoms. The Morgan fingerprint density at radius 2 is 1.52 bits per heavy atom. The third kappa shape index (κ3) is 2.78. The molecule has 3 aromatic rings. The number of fused-ring (bicyclic) bond motifs is 4. The van der Waals surface area contributed by atoms with E-state index < -0.39 is 121 Å². The Morgan fingerprint density at radius 3 is 2.12 bits per heavy atom. The van der Waals surface area contributed by atoms with Crippen molar-refractivity contribution in [2.24, 2.45) is 11.3 Å². The summed E-state index contributed by atoms with van der Waals surface area (Å²) in [4.78, 5) is 79.8. The molecule has 3 aliphatic rings. The molecule has 42 heavy (non-hydrogen) atoms. The summed E-state index contributed by atoms with van der Waals surface area (Å²) in [7, 11) is 0. The number of ether oxygens (including phenoxy) is 1. The van der Waals surface area contributed by atoms with Gasteiger partial charge in [0.2, 0.25) is 11.6 Å². The van der Waals surface area contributed by atoms with Crippen LogP contribution in [0.5, 0.6) is 28.7 Å². The molecule has 1 saturated carbocycles. The van der Waals surface area contributed by atoms with Crippen molar-refractivity contribution >= 4 is 40.3 Å². The maximum absolute atomic E-state index is 14.0. The van der Waals surface area contributed by atoms with Crippen LogP contribution in [-0.4, -0.2) is 66.5 Å². The van der Waals surface area contributed by atoms with Gasteiger partial charge in [-0.3, -0.25) is 19.2 Å². The molecule has 2 aromatic carbocycles. The second kappa shape index (κ2) is 8.09. The molecule has 1 fully saturated rings. The number of hydrogen-bond acceptors (Lipinski definition) is 12. The van der Waals surface area contributed by atoms with E-state index in [4.69, 9.17) is 9.15 Å². The second-order valence-electron chi connectivity index (χ2n) is 10.7. The molecule has 0 spiro atoms. The lowest BCUT2D eigenvalue weighted by molar-refractivity contribution is -0.166. The van der Waals surface area contributed by atoms with Crippen LogP contribution < -0.4 is 10.2 Å². The van der Waals surface area contributed by atoms with Gasteiger partial charge in [-0.05, 0) is 13.3 Å². The van der Waals surface area contributed by atoms with Crippen molar-refractivity contribution in [1.29, 1.82) is 0 Å². The molecule has 1 aliphatic heterocycles. The molecule has 216 valence electrons. The van der Waals surface area contributed by atoms with Crippen molar-refractivity contribution in [3.05, 3.63) is 50.4 Å². The van der Waals surface area contributed by atoms with E-state index in [1.54, 1.807) is 0 Å². The van der Waals surface area contributed by atoms with Gasteiger partial charge in [-0.15, -0.1) is 0 Å². The van der Waals surface area contributed by atoms with E-state index in [2.05, 4.69) is 0 Å². The Morgan fingerprint density at radius 1 is 0.929 bits per heavy atom. The van der Waals surface area contributed by atoms with E-state index in [1.807, 2.05) is 0 Å². The van der Waals surface area contributed by atoms with Gasteiger partial charge in [0.05, 0.1) is 16.2 Å². The summed E-state index contributed by atoms with van der Waals surface area (Å²) >= 11 is 0.